The van der Waals surface area contributed by atoms with Crippen molar-refractivity contribution in [1.82, 2.24) is 0 Å². The van der Waals surface area contributed by atoms with Gasteiger partial charge < -0.3 is 5.11 Å². The minimum atomic E-state index is -0.875. The highest BCUT2D eigenvalue weighted by molar-refractivity contribution is 9.11. The molecule has 0 saturated carbocycles. The summed E-state index contributed by atoms with van der Waals surface area (Å²) in [7, 11) is 0. The van der Waals surface area contributed by atoms with Crippen molar-refractivity contribution in [3.8, 4) is 0 Å². The van der Waals surface area contributed by atoms with E-state index in [0.29, 0.717) is 5.56 Å². The van der Waals surface area contributed by atoms with Crippen LogP contribution in [0.4, 0.5) is 0 Å². The van der Waals surface area contributed by atoms with E-state index in [-0.39, 0.29) is 0 Å². The highest BCUT2D eigenvalue weighted by Gasteiger charge is 2.09. The predicted molar refractivity (Wildman–Crippen MR) is 56.5 cm³/mol. The van der Waals surface area contributed by atoms with Crippen LogP contribution in [0.1, 0.15) is 10.4 Å². The van der Waals surface area contributed by atoms with Crippen molar-refractivity contribution in [3.05, 3.63) is 33.6 Å². The Labute approximate surface area is 86.9 Å². The van der Waals surface area contributed by atoms with Crippen LogP contribution in [0.15, 0.2) is 28.1 Å². The average molecular weight is 257 g/mol. The van der Waals surface area contributed by atoms with E-state index in [1.165, 1.54) is 11.3 Å². The Morgan fingerprint density at radius 3 is 2.92 bits per heavy atom. The maximum atomic E-state index is 10.8. The third-order valence-corrected chi connectivity index (χ3v) is 3.43. The number of thiophene rings is 1. The smallest absolute Gasteiger partial charge is 0.337 e. The van der Waals surface area contributed by atoms with Crippen LogP contribution in [0.5, 0.6) is 0 Å². The standard InChI is InChI=1S/C9H5BrO2S/c10-7-4-5-2-1-3-6(9(11)12)8(5)13-7/h1-4H,(H,11,12). The molecule has 0 spiro atoms. The molecule has 1 N–H and O–H groups in total. The zero-order chi connectivity index (χ0) is 9.42. The van der Waals surface area contributed by atoms with Gasteiger partial charge in [-0.05, 0) is 33.4 Å². The van der Waals surface area contributed by atoms with Gasteiger partial charge in [-0.1, -0.05) is 12.1 Å². The van der Waals surface area contributed by atoms with Crippen molar-refractivity contribution < 1.29 is 9.90 Å². The number of halogens is 1. The molecule has 66 valence electrons. The fourth-order valence-corrected chi connectivity index (χ4v) is 2.82. The van der Waals surface area contributed by atoms with Crippen LogP contribution in [0, 0.1) is 0 Å². The molecule has 1 heterocycles. The zero-order valence-electron chi connectivity index (χ0n) is 6.45. The molecule has 2 aromatic rings. The van der Waals surface area contributed by atoms with Gasteiger partial charge in [0.15, 0.2) is 0 Å². The topological polar surface area (TPSA) is 37.3 Å². The number of aromatic carboxylic acids is 1. The third kappa shape index (κ3) is 1.47. The Balaban J connectivity index is 2.82. The average Bonchev–Trinajstić information content (AvgIpc) is 2.43. The van der Waals surface area contributed by atoms with E-state index in [9.17, 15) is 4.79 Å². The number of benzene rings is 1. The summed E-state index contributed by atoms with van der Waals surface area (Å²) >= 11 is 4.78. The van der Waals surface area contributed by atoms with Gasteiger partial charge in [0, 0.05) is 4.70 Å². The first-order valence-corrected chi connectivity index (χ1v) is 5.21. The Morgan fingerprint density at radius 1 is 1.46 bits per heavy atom. The summed E-state index contributed by atoms with van der Waals surface area (Å²) in [5, 5.41) is 9.85. The number of carboxylic acids is 1. The summed E-state index contributed by atoms with van der Waals surface area (Å²) in [6.07, 6.45) is 0. The third-order valence-electron chi connectivity index (χ3n) is 1.74. The second kappa shape index (κ2) is 3.12. The van der Waals surface area contributed by atoms with E-state index in [4.69, 9.17) is 5.11 Å². The van der Waals surface area contributed by atoms with Gasteiger partial charge in [0.25, 0.3) is 0 Å². The van der Waals surface area contributed by atoms with Gasteiger partial charge in [0.1, 0.15) is 0 Å². The van der Waals surface area contributed by atoms with E-state index in [1.54, 1.807) is 12.1 Å². The molecule has 4 heteroatoms. The van der Waals surface area contributed by atoms with Crippen molar-refractivity contribution in [1.29, 1.82) is 0 Å². The molecule has 2 rings (SSSR count). The van der Waals surface area contributed by atoms with Gasteiger partial charge in [0.05, 0.1) is 9.35 Å². The molecule has 0 aliphatic carbocycles. The first-order chi connectivity index (χ1) is 6.18. The molecule has 0 radical (unpaired) electrons. The minimum Gasteiger partial charge on any atom is -0.478 e. The minimum absolute atomic E-state index is 0.369. The summed E-state index contributed by atoms with van der Waals surface area (Å²) in [6, 6.07) is 7.20. The molecule has 0 saturated heterocycles. The van der Waals surface area contributed by atoms with Crippen molar-refractivity contribution >= 4 is 43.3 Å². The summed E-state index contributed by atoms with van der Waals surface area (Å²) in [4.78, 5) is 10.8. The highest BCUT2D eigenvalue weighted by Crippen LogP contribution is 2.31. The number of hydrogen-bond acceptors (Lipinski definition) is 2. The van der Waals surface area contributed by atoms with Gasteiger partial charge in [0.2, 0.25) is 0 Å². The van der Waals surface area contributed by atoms with Crippen LogP contribution >= 0.6 is 27.3 Å². The second-order valence-corrected chi connectivity index (χ2v) is 5.01. The molecule has 0 aliphatic heterocycles. The fraction of sp³-hybridized carbons (Fsp3) is 0. The van der Waals surface area contributed by atoms with Crippen LogP contribution in [0.3, 0.4) is 0 Å². The van der Waals surface area contributed by atoms with Crippen molar-refractivity contribution in [2.24, 2.45) is 0 Å². The lowest BCUT2D eigenvalue weighted by Gasteiger charge is -1.94. The lowest BCUT2D eigenvalue weighted by molar-refractivity contribution is 0.0699. The molecule has 0 bridgehead atoms. The molecule has 0 unspecified atom stereocenters. The zero-order valence-corrected chi connectivity index (χ0v) is 8.85. The molecule has 13 heavy (non-hydrogen) atoms. The molecule has 1 aromatic heterocycles. The quantitative estimate of drug-likeness (QED) is 0.850. The summed E-state index contributed by atoms with van der Waals surface area (Å²) in [5.74, 6) is -0.875. The molecule has 2 nitrogen and oxygen atoms in total. The van der Waals surface area contributed by atoms with Crippen LogP contribution in [0.2, 0.25) is 0 Å². The Morgan fingerprint density at radius 2 is 2.23 bits per heavy atom. The largest absolute Gasteiger partial charge is 0.478 e. The van der Waals surface area contributed by atoms with E-state index in [1.807, 2.05) is 12.1 Å². The van der Waals surface area contributed by atoms with Crippen molar-refractivity contribution in [2.45, 2.75) is 0 Å². The number of carboxylic acid groups (broad SMARTS) is 1. The van der Waals surface area contributed by atoms with E-state index < -0.39 is 5.97 Å². The monoisotopic (exact) mass is 256 g/mol. The van der Waals surface area contributed by atoms with Crippen LogP contribution in [0.25, 0.3) is 10.1 Å². The predicted octanol–water partition coefficient (Wildman–Crippen LogP) is 3.36. The lowest BCUT2D eigenvalue weighted by atomic mass is 10.2. The first kappa shape index (κ1) is 8.72. The van der Waals surface area contributed by atoms with Gasteiger partial charge in [-0.2, -0.15) is 0 Å². The molecular formula is C9H5BrO2S. The molecule has 1 aromatic carbocycles. The number of rotatable bonds is 1. The van der Waals surface area contributed by atoms with E-state index in [2.05, 4.69) is 15.9 Å². The van der Waals surface area contributed by atoms with E-state index in [0.717, 1.165) is 13.9 Å². The maximum Gasteiger partial charge on any atom is 0.337 e. The highest BCUT2D eigenvalue weighted by atomic mass is 79.9. The second-order valence-electron chi connectivity index (χ2n) is 2.58. The molecular weight excluding hydrogens is 252 g/mol. The van der Waals surface area contributed by atoms with Gasteiger partial charge in [-0.25, -0.2) is 4.79 Å². The fourth-order valence-electron chi connectivity index (χ4n) is 1.20. The maximum absolute atomic E-state index is 10.8. The number of hydrogen-bond donors (Lipinski definition) is 1. The Hall–Kier alpha value is -0.870. The Bertz CT molecular complexity index is 475. The van der Waals surface area contributed by atoms with Crippen molar-refractivity contribution in [2.75, 3.05) is 0 Å². The molecule has 0 amide bonds. The van der Waals surface area contributed by atoms with Gasteiger partial charge >= 0.3 is 5.97 Å². The molecule has 0 fully saturated rings. The number of carbonyl (C=O) groups is 1. The summed E-state index contributed by atoms with van der Waals surface area (Å²) in [6.45, 7) is 0. The van der Waals surface area contributed by atoms with E-state index >= 15 is 0 Å². The normalized spacial score (nSPS) is 10.5. The lowest BCUT2D eigenvalue weighted by Crippen LogP contribution is -1.94. The van der Waals surface area contributed by atoms with Crippen LogP contribution in [-0.4, -0.2) is 11.1 Å². The van der Waals surface area contributed by atoms with Crippen molar-refractivity contribution in [3.63, 3.8) is 0 Å². The summed E-state index contributed by atoms with van der Waals surface area (Å²) in [5.41, 5.74) is 0.369. The van der Waals surface area contributed by atoms with Crippen LogP contribution < -0.4 is 0 Å². The first-order valence-electron chi connectivity index (χ1n) is 3.60. The molecule has 0 atom stereocenters. The Kier molecular flexibility index (Phi) is 2.09. The van der Waals surface area contributed by atoms with Gasteiger partial charge in [-0.15, -0.1) is 11.3 Å². The van der Waals surface area contributed by atoms with Gasteiger partial charge in [-0.3, -0.25) is 0 Å². The number of fused-ring (bicyclic) bond motifs is 1. The molecule has 0 aliphatic rings. The SMILES string of the molecule is O=C(O)c1cccc2cc(Br)sc12. The van der Waals surface area contributed by atoms with Crippen LogP contribution in [-0.2, 0) is 0 Å². The summed E-state index contributed by atoms with van der Waals surface area (Å²) < 4.78 is 1.78.